The van der Waals surface area contributed by atoms with Crippen molar-refractivity contribution in [1.29, 1.82) is 0 Å². The van der Waals surface area contributed by atoms with E-state index in [2.05, 4.69) is 18.2 Å². The topological polar surface area (TPSA) is 35.2 Å². The molecule has 2 nitrogen and oxygen atoms in total. The molecule has 0 heterocycles. The summed E-state index contributed by atoms with van der Waals surface area (Å²) in [6.07, 6.45) is 4.15. The highest BCUT2D eigenvalue weighted by Crippen LogP contribution is 2.15. The predicted octanol–water partition coefficient (Wildman–Crippen LogP) is 2.53. The molecule has 1 aromatic carbocycles. The van der Waals surface area contributed by atoms with Crippen molar-refractivity contribution in [2.45, 2.75) is 19.8 Å². The van der Waals surface area contributed by atoms with Gasteiger partial charge < -0.3 is 10.5 Å². The normalized spacial score (nSPS) is 11.5. The Kier molecular flexibility index (Phi) is 4.91. The van der Waals surface area contributed by atoms with Crippen LogP contribution in [0.2, 0.25) is 0 Å². The summed E-state index contributed by atoms with van der Waals surface area (Å²) in [4.78, 5) is 0. The van der Waals surface area contributed by atoms with Crippen molar-refractivity contribution in [2.75, 3.05) is 13.7 Å². The van der Waals surface area contributed by atoms with E-state index in [4.69, 9.17) is 10.5 Å². The van der Waals surface area contributed by atoms with Crippen LogP contribution >= 0.6 is 0 Å². The van der Waals surface area contributed by atoms with Gasteiger partial charge in [0.25, 0.3) is 0 Å². The van der Waals surface area contributed by atoms with E-state index < -0.39 is 0 Å². The first-order chi connectivity index (χ1) is 7.30. The third kappa shape index (κ3) is 3.76. The molecular weight excluding hydrogens is 186 g/mol. The van der Waals surface area contributed by atoms with Crippen molar-refractivity contribution in [3.05, 3.63) is 41.5 Å². The molecule has 0 bridgehead atoms. The monoisotopic (exact) mass is 205 g/mol. The standard InChI is InChI=1S/C13H19NO/c1-3-11(10-14)7-8-12-5-4-6-13(9-12)15-2/h3-6,9H,7-8,10,14H2,1-2H3/b11-3-. The molecule has 0 amide bonds. The predicted molar refractivity (Wildman–Crippen MR) is 64.1 cm³/mol. The zero-order chi connectivity index (χ0) is 11.1. The minimum atomic E-state index is 0.653. The fourth-order valence-corrected chi connectivity index (χ4v) is 1.50. The van der Waals surface area contributed by atoms with E-state index in [0.29, 0.717) is 6.54 Å². The van der Waals surface area contributed by atoms with Gasteiger partial charge in [-0.1, -0.05) is 23.8 Å². The first-order valence-corrected chi connectivity index (χ1v) is 5.27. The van der Waals surface area contributed by atoms with E-state index in [0.717, 1.165) is 18.6 Å². The van der Waals surface area contributed by atoms with Gasteiger partial charge in [0.05, 0.1) is 7.11 Å². The highest BCUT2D eigenvalue weighted by molar-refractivity contribution is 5.29. The van der Waals surface area contributed by atoms with Crippen molar-refractivity contribution in [3.8, 4) is 5.75 Å². The number of aryl methyl sites for hydroxylation is 1. The molecule has 2 N–H and O–H groups in total. The van der Waals surface area contributed by atoms with Crippen LogP contribution in [0.25, 0.3) is 0 Å². The lowest BCUT2D eigenvalue weighted by molar-refractivity contribution is 0.414. The van der Waals surface area contributed by atoms with E-state index in [-0.39, 0.29) is 0 Å². The Morgan fingerprint density at radius 2 is 2.27 bits per heavy atom. The summed E-state index contributed by atoms with van der Waals surface area (Å²) < 4.78 is 5.18. The lowest BCUT2D eigenvalue weighted by atomic mass is 10.0. The number of nitrogens with two attached hydrogens (primary N) is 1. The van der Waals surface area contributed by atoms with Crippen LogP contribution in [0.5, 0.6) is 5.75 Å². The molecule has 15 heavy (non-hydrogen) atoms. The molecule has 0 aromatic heterocycles. The van der Waals surface area contributed by atoms with Crippen molar-refractivity contribution in [3.63, 3.8) is 0 Å². The Balaban J connectivity index is 2.57. The van der Waals surface area contributed by atoms with Gasteiger partial charge in [-0.05, 0) is 37.5 Å². The summed E-state index contributed by atoms with van der Waals surface area (Å²) >= 11 is 0. The number of rotatable bonds is 5. The Hall–Kier alpha value is -1.28. The molecule has 0 aliphatic rings. The van der Waals surface area contributed by atoms with Gasteiger partial charge in [-0.15, -0.1) is 0 Å². The minimum Gasteiger partial charge on any atom is -0.497 e. The maximum Gasteiger partial charge on any atom is 0.119 e. The SMILES string of the molecule is C/C=C(\CN)CCc1cccc(OC)c1. The number of hydrogen-bond donors (Lipinski definition) is 1. The van der Waals surface area contributed by atoms with Crippen LogP contribution in [0.3, 0.4) is 0 Å². The number of benzene rings is 1. The quantitative estimate of drug-likeness (QED) is 0.750. The number of methoxy groups -OCH3 is 1. The smallest absolute Gasteiger partial charge is 0.119 e. The van der Waals surface area contributed by atoms with Gasteiger partial charge in [0.1, 0.15) is 5.75 Å². The van der Waals surface area contributed by atoms with Gasteiger partial charge in [-0.3, -0.25) is 0 Å². The lowest BCUT2D eigenvalue weighted by Gasteiger charge is -2.06. The largest absolute Gasteiger partial charge is 0.497 e. The van der Waals surface area contributed by atoms with E-state index in [9.17, 15) is 0 Å². The van der Waals surface area contributed by atoms with Crippen LogP contribution in [-0.4, -0.2) is 13.7 Å². The first kappa shape index (κ1) is 11.8. The number of ether oxygens (including phenoxy) is 1. The van der Waals surface area contributed by atoms with Crippen LogP contribution in [0.15, 0.2) is 35.9 Å². The fourth-order valence-electron chi connectivity index (χ4n) is 1.50. The van der Waals surface area contributed by atoms with Crippen LogP contribution in [0.1, 0.15) is 18.9 Å². The minimum absolute atomic E-state index is 0.653. The Labute approximate surface area is 91.7 Å². The van der Waals surface area contributed by atoms with Gasteiger partial charge in [-0.25, -0.2) is 0 Å². The maximum absolute atomic E-state index is 5.61. The molecule has 0 aliphatic heterocycles. The molecule has 0 atom stereocenters. The first-order valence-electron chi connectivity index (χ1n) is 5.27. The molecule has 0 aliphatic carbocycles. The Morgan fingerprint density at radius 3 is 2.87 bits per heavy atom. The zero-order valence-electron chi connectivity index (χ0n) is 9.49. The molecule has 0 unspecified atom stereocenters. The average molecular weight is 205 g/mol. The van der Waals surface area contributed by atoms with E-state index in [1.54, 1.807) is 7.11 Å². The van der Waals surface area contributed by atoms with Crippen LogP contribution in [0, 0.1) is 0 Å². The lowest BCUT2D eigenvalue weighted by Crippen LogP contribution is -2.03. The third-order valence-electron chi connectivity index (χ3n) is 2.54. The second kappa shape index (κ2) is 6.25. The van der Waals surface area contributed by atoms with Gasteiger partial charge in [0, 0.05) is 6.54 Å². The summed E-state index contributed by atoms with van der Waals surface area (Å²) in [7, 11) is 1.69. The summed E-state index contributed by atoms with van der Waals surface area (Å²) in [5, 5.41) is 0. The molecular formula is C13H19NO. The molecule has 1 aromatic rings. The second-order valence-electron chi connectivity index (χ2n) is 3.50. The highest BCUT2D eigenvalue weighted by atomic mass is 16.5. The van der Waals surface area contributed by atoms with Crippen LogP contribution in [-0.2, 0) is 6.42 Å². The van der Waals surface area contributed by atoms with E-state index in [1.165, 1.54) is 11.1 Å². The molecule has 0 spiro atoms. The molecule has 0 saturated carbocycles. The zero-order valence-corrected chi connectivity index (χ0v) is 9.49. The molecule has 0 radical (unpaired) electrons. The van der Waals surface area contributed by atoms with E-state index in [1.807, 2.05) is 19.1 Å². The van der Waals surface area contributed by atoms with Gasteiger partial charge in [-0.2, -0.15) is 0 Å². The van der Waals surface area contributed by atoms with Crippen molar-refractivity contribution < 1.29 is 4.74 Å². The van der Waals surface area contributed by atoms with Crippen molar-refractivity contribution in [1.82, 2.24) is 0 Å². The third-order valence-corrected chi connectivity index (χ3v) is 2.54. The summed E-state index contributed by atoms with van der Waals surface area (Å²) in [5.74, 6) is 0.919. The van der Waals surface area contributed by atoms with Crippen molar-refractivity contribution in [2.24, 2.45) is 5.73 Å². The fraction of sp³-hybridized carbons (Fsp3) is 0.385. The van der Waals surface area contributed by atoms with Crippen LogP contribution < -0.4 is 10.5 Å². The maximum atomic E-state index is 5.61. The molecule has 1 rings (SSSR count). The highest BCUT2D eigenvalue weighted by Gasteiger charge is 1.98. The summed E-state index contributed by atoms with van der Waals surface area (Å²) in [6, 6.07) is 8.17. The number of hydrogen-bond acceptors (Lipinski definition) is 2. The number of allylic oxidation sites excluding steroid dienone is 1. The molecule has 2 heteroatoms. The van der Waals surface area contributed by atoms with E-state index >= 15 is 0 Å². The average Bonchev–Trinajstić information content (AvgIpc) is 2.31. The summed E-state index contributed by atoms with van der Waals surface area (Å²) in [6.45, 7) is 2.69. The van der Waals surface area contributed by atoms with Gasteiger partial charge >= 0.3 is 0 Å². The Bertz CT molecular complexity index is 331. The molecule has 82 valence electrons. The van der Waals surface area contributed by atoms with Crippen molar-refractivity contribution >= 4 is 0 Å². The Morgan fingerprint density at radius 1 is 1.47 bits per heavy atom. The van der Waals surface area contributed by atoms with Crippen LogP contribution in [0.4, 0.5) is 0 Å². The second-order valence-corrected chi connectivity index (χ2v) is 3.50. The molecule has 0 saturated heterocycles. The summed E-state index contributed by atoms with van der Waals surface area (Å²) in [5.41, 5.74) is 8.21. The van der Waals surface area contributed by atoms with Gasteiger partial charge in [0.15, 0.2) is 0 Å². The van der Waals surface area contributed by atoms with Gasteiger partial charge in [0.2, 0.25) is 0 Å². The molecule has 0 fully saturated rings.